The van der Waals surface area contributed by atoms with E-state index >= 15 is 0 Å². The molecule has 58 heavy (non-hydrogen) atoms. The molecule has 0 aliphatic carbocycles. The number of carboxylic acids is 2. The molecule has 330 valence electrons. The quantitative estimate of drug-likeness (QED) is 0.0255. The molecular formula is C35H60N8O11S4. The number of ether oxygens (including phenoxy) is 1. The molecule has 23 heteroatoms. The second-order valence-corrected chi connectivity index (χ2v) is 20.1. The van der Waals surface area contributed by atoms with Gasteiger partial charge in [0, 0.05) is 54.0 Å². The van der Waals surface area contributed by atoms with Gasteiger partial charge in [0.1, 0.15) is 18.6 Å². The maximum absolute atomic E-state index is 13.0. The molecule has 0 aromatic heterocycles. The van der Waals surface area contributed by atoms with Crippen molar-refractivity contribution in [3.63, 3.8) is 0 Å². The van der Waals surface area contributed by atoms with E-state index in [2.05, 4.69) is 37.2 Å². The molecular weight excluding hydrogens is 837 g/mol. The van der Waals surface area contributed by atoms with E-state index in [1.54, 1.807) is 0 Å². The number of thioether (sulfide) groups is 2. The van der Waals surface area contributed by atoms with E-state index in [-0.39, 0.29) is 84.5 Å². The number of amides is 7. The number of urea groups is 1. The van der Waals surface area contributed by atoms with Gasteiger partial charge in [0.2, 0.25) is 29.5 Å². The van der Waals surface area contributed by atoms with Crippen molar-refractivity contribution in [2.45, 2.75) is 106 Å². The first-order valence-corrected chi connectivity index (χ1v) is 23.6. The first-order valence-electron chi connectivity index (χ1n) is 19.2. The Balaban J connectivity index is 1.61. The molecule has 0 radical (unpaired) electrons. The summed E-state index contributed by atoms with van der Waals surface area (Å²) >= 11 is 2.91. The number of rotatable bonds is 30. The number of aliphatic carboxylic acids is 2. The van der Waals surface area contributed by atoms with E-state index in [1.165, 1.54) is 21.6 Å². The molecule has 0 aromatic carbocycles. The Hall–Kier alpha value is -3.12. The summed E-state index contributed by atoms with van der Waals surface area (Å²) in [5.74, 6) is -3.68. The van der Waals surface area contributed by atoms with Crippen LogP contribution in [0.4, 0.5) is 4.79 Å². The van der Waals surface area contributed by atoms with Gasteiger partial charge >= 0.3 is 18.0 Å². The third kappa shape index (κ3) is 20.7. The Morgan fingerprint density at radius 3 is 2.31 bits per heavy atom. The number of carbonyl (C=O) groups excluding carboxylic acids is 6. The lowest BCUT2D eigenvalue weighted by Crippen LogP contribution is -2.49. The number of fused-ring (bicyclic) bond motifs is 1. The van der Waals surface area contributed by atoms with Gasteiger partial charge in [0.15, 0.2) is 0 Å². The molecule has 0 saturated carbocycles. The normalized spacial score (nSPS) is 18.9. The highest BCUT2D eigenvalue weighted by molar-refractivity contribution is 8.77. The zero-order chi connectivity index (χ0) is 43.3. The number of nitrogens with one attached hydrogen (secondary N) is 7. The van der Waals surface area contributed by atoms with Crippen molar-refractivity contribution < 1.29 is 53.3 Å². The van der Waals surface area contributed by atoms with Gasteiger partial charge in [-0.2, -0.15) is 11.8 Å². The van der Waals surface area contributed by atoms with Gasteiger partial charge in [0.05, 0.1) is 36.3 Å². The van der Waals surface area contributed by atoms with Gasteiger partial charge in [-0.05, 0) is 39.0 Å². The van der Waals surface area contributed by atoms with E-state index in [0.29, 0.717) is 31.4 Å². The summed E-state index contributed by atoms with van der Waals surface area (Å²) in [6.07, 6.45) is 2.64. The summed E-state index contributed by atoms with van der Waals surface area (Å²) in [4.78, 5) is 96.1. The maximum atomic E-state index is 13.0. The van der Waals surface area contributed by atoms with Crippen LogP contribution in [0, 0.1) is 5.92 Å². The third-order valence-corrected chi connectivity index (χ3v) is 15.2. The number of unbranched alkanes of at least 4 members (excludes halogenated alkanes) is 1. The van der Waals surface area contributed by atoms with E-state index in [9.17, 15) is 38.4 Å². The molecule has 7 amide bonds. The molecule has 2 saturated heterocycles. The smallest absolute Gasteiger partial charge is 0.322 e. The SMILES string of the molecule is CC(C)C(SSC(C)(C)CNC(=O)CSCC(NC(=O)CCC(N)C(=O)O)C(=O)NCC(=O)O)C(=O)NCCOCCNC(=O)CCCC[C@H]1SC[C@H]2NC(=O)N[C@H]21. The first kappa shape index (κ1) is 51.0. The fourth-order valence-electron chi connectivity index (χ4n) is 5.52. The molecule has 6 atom stereocenters. The molecule has 3 unspecified atom stereocenters. The second kappa shape index (κ2) is 26.9. The molecule has 2 rings (SSSR count). The van der Waals surface area contributed by atoms with Crippen LogP contribution < -0.4 is 43.0 Å². The van der Waals surface area contributed by atoms with Crippen molar-refractivity contribution in [3.8, 4) is 0 Å². The Morgan fingerprint density at radius 2 is 1.64 bits per heavy atom. The van der Waals surface area contributed by atoms with E-state index in [0.717, 1.165) is 36.8 Å². The van der Waals surface area contributed by atoms with Crippen LogP contribution in [0.2, 0.25) is 0 Å². The minimum absolute atomic E-state index is 0.0138. The Morgan fingerprint density at radius 1 is 0.931 bits per heavy atom. The Labute approximate surface area is 355 Å². The summed E-state index contributed by atoms with van der Waals surface area (Å²) in [6, 6.07) is -2.16. The van der Waals surface area contributed by atoms with Crippen LogP contribution >= 0.6 is 45.1 Å². The lowest BCUT2D eigenvalue weighted by molar-refractivity contribution is -0.139. The fraction of sp³-hybridized carbons (Fsp3) is 0.771. The molecule has 0 bridgehead atoms. The van der Waals surface area contributed by atoms with Crippen LogP contribution in [0.1, 0.15) is 66.2 Å². The Bertz CT molecular complexity index is 1410. The van der Waals surface area contributed by atoms with Crippen molar-refractivity contribution >= 4 is 92.6 Å². The average molecular weight is 897 g/mol. The van der Waals surface area contributed by atoms with Crippen molar-refractivity contribution in [1.82, 2.24) is 37.2 Å². The van der Waals surface area contributed by atoms with Crippen LogP contribution in [0.25, 0.3) is 0 Å². The summed E-state index contributed by atoms with van der Waals surface area (Å²) in [7, 11) is 2.87. The molecule has 0 aromatic rings. The van der Waals surface area contributed by atoms with E-state index < -0.39 is 47.1 Å². The molecule has 0 spiro atoms. The number of hydrogen-bond donors (Lipinski definition) is 10. The van der Waals surface area contributed by atoms with Crippen molar-refractivity contribution in [3.05, 3.63) is 0 Å². The Kier molecular flexibility index (Phi) is 23.6. The number of carboxylic acid groups (broad SMARTS) is 2. The standard InChI is InChI=1S/C35H60N8O11S4/c1-20(2)30(32(50)38-12-14-54-13-11-37-25(44)8-6-5-7-24-29-22(17-56-24)42-34(53)43-29)57-58-35(3,4)19-40-27(46)18-55-16-23(31(49)39-15-28(47)48)41-26(45)10-9-21(36)33(51)52/h20-24,29-30H,5-19,36H2,1-4H3,(H,37,44)(H,38,50)(H,39,49)(H,40,46)(H,41,45)(H,47,48)(H,51,52)(H2,42,43,53)/t21?,22-,23?,24-,29-,30?/m1/s1. The van der Waals surface area contributed by atoms with Crippen LogP contribution in [0.3, 0.4) is 0 Å². The van der Waals surface area contributed by atoms with Crippen LogP contribution in [-0.2, 0) is 38.3 Å². The molecule has 2 aliphatic heterocycles. The largest absolute Gasteiger partial charge is 0.480 e. The van der Waals surface area contributed by atoms with Gasteiger partial charge < -0.3 is 57.9 Å². The van der Waals surface area contributed by atoms with Gasteiger partial charge in [-0.3, -0.25) is 33.6 Å². The minimum Gasteiger partial charge on any atom is -0.480 e. The van der Waals surface area contributed by atoms with Gasteiger partial charge in [0.25, 0.3) is 0 Å². The number of carbonyl (C=O) groups is 8. The fourth-order valence-corrected chi connectivity index (χ4v) is 11.0. The van der Waals surface area contributed by atoms with Crippen molar-refractivity contribution in [2.75, 3.05) is 56.7 Å². The molecule has 2 fully saturated rings. The van der Waals surface area contributed by atoms with Crippen LogP contribution in [0.5, 0.6) is 0 Å². The lowest BCUT2D eigenvalue weighted by atomic mass is 10.0. The van der Waals surface area contributed by atoms with Gasteiger partial charge in [-0.25, -0.2) is 4.79 Å². The molecule has 2 aliphatic rings. The van der Waals surface area contributed by atoms with E-state index in [4.69, 9.17) is 20.7 Å². The predicted octanol–water partition coefficient (Wildman–Crippen LogP) is -0.127. The van der Waals surface area contributed by atoms with Crippen molar-refractivity contribution in [2.24, 2.45) is 11.7 Å². The van der Waals surface area contributed by atoms with Crippen molar-refractivity contribution in [1.29, 1.82) is 0 Å². The predicted molar refractivity (Wildman–Crippen MR) is 226 cm³/mol. The zero-order valence-electron chi connectivity index (χ0n) is 33.4. The van der Waals surface area contributed by atoms with Gasteiger partial charge in [-0.1, -0.05) is 41.9 Å². The highest BCUT2D eigenvalue weighted by Gasteiger charge is 2.42. The summed E-state index contributed by atoms with van der Waals surface area (Å²) < 4.78 is 5.12. The van der Waals surface area contributed by atoms with Gasteiger partial charge in [-0.15, -0.1) is 11.8 Å². The minimum atomic E-state index is -1.28. The number of hydrogen-bond acceptors (Lipinski definition) is 14. The third-order valence-electron chi connectivity index (χ3n) is 8.73. The summed E-state index contributed by atoms with van der Waals surface area (Å²) in [5.41, 5.74) is 5.43. The highest BCUT2D eigenvalue weighted by Crippen LogP contribution is 2.40. The topological polar surface area (TPSA) is 296 Å². The lowest BCUT2D eigenvalue weighted by Gasteiger charge is -2.27. The highest BCUT2D eigenvalue weighted by atomic mass is 33.1. The van der Waals surface area contributed by atoms with E-state index in [1.807, 2.05) is 39.5 Å². The molecule has 19 nitrogen and oxygen atoms in total. The average Bonchev–Trinajstić information content (AvgIpc) is 3.71. The monoisotopic (exact) mass is 896 g/mol. The van der Waals surface area contributed by atoms with Crippen LogP contribution in [-0.4, -0.2) is 154 Å². The number of nitrogens with two attached hydrogens (primary N) is 1. The van der Waals surface area contributed by atoms with Crippen LogP contribution in [0.15, 0.2) is 0 Å². The summed E-state index contributed by atoms with van der Waals surface area (Å²) in [5, 5.41) is 36.9. The zero-order valence-corrected chi connectivity index (χ0v) is 36.7. The second-order valence-electron chi connectivity index (χ2n) is 14.7. The molecule has 2 heterocycles. The summed E-state index contributed by atoms with van der Waals surface area (Å²) in [6.45, 7) is 8.61. The molecule has 11 N–H and O–H groups in total. The first-order chi connectivity index (χ1) is 27.4. The maximum Gasteiger partial charge on any atom is 0.322 e.